The summed E-state index contributed by atoms with van der Waals surface area (Å²) in [5, 5.41) is 4.85. The van der Waals surface area contributed by atoms with Gasteiger partial charge < -0.3 is 9.47 Å². The van der Waals surface area contributed by atoms with Gasteiger partial charge in [-0.25, -0.2) is 0 Å². The lowest BCUT2D eigenvalue weighted by Crippen LogP contribution is -2.12. The van der Waals surface area contributed by atoms with Gasteiger partial charge in [0.2, 0.25) is 0 Å². The van der Waals surface area contributed by atoms with Crippen molar-refractivity contribution in [1.29, 1.82) is 0 Å². The molecule has 2 heteroatoms. The number of hydrogen-bond donors (Lipinski definition) is 0. The maximum absolute atomic E-state index is 2.46. The van der Waals surface area contributed by atoms with Gasteiger partial charge in [0.1, 0.15) is 0 Å². The molecular formula is C52H36N2. The van der Waals surface area contributed by atoms with Gasteiger partial charge >= 0.3 is 0 Å². The van der Waals surface area contributed by atoms with Crippen LogP contribution >= 0.6 is 0 Å². The molecule has 0 radical (unpaired) electrons. The average molecular weight is 689 g/mol. The Kier molecular flexibility index (Phi) is 7.85. The van der Waals surface area contributed by atoms with E-state index < -0.39 is 0 Å². The van der Waals surface area contributed by atoms with E-state index in [-0.39, 0.29) is 0 Å². The number of fused-ring (bicyclic) bond motifs is 4. The number of nitrogens with zero attached hydrogens (tertiary/aromatic N) is 2. The van der Waals surface area contributed by atoms with Gasteiger partial charge in [0, 0.05) is 33.1 Å². The number of rotatable bonds is 7. The van der Waals surface area contributed by atoms with E-state index in [9.17, 15) is 0 Å². The molecule has 10 rings (SSSR count). The molecule has 0 aliphatic carbocycles. The number of aromatic nitrogens is 1. The molecule has 1 aromatic heterocycles. The SMILES string of the molecule is c1ccc(-c2ccccc2-c2ccccc2-c2ccccc2N(c2ccc3c(c2)c2ccccc2n3-c2ccccc2)c2cccc3ccccc23)cc1. The van der Waals surface area contributed by atoms with Crippen LogP contribution in [0.3, 0.4) is 0 Å². The third kappa shape index (κ3) is 5.36. The lowest BCUT2D eigenvalue weighted by Gasteiger charge is -2.29. The van der Waals surface area contributed by atoms with Crippen LogP contribution in [0.5, 0.6) is 0 Å². The van der Waals surface area contributed by atoms with E-state index in [0.717, 1.165) is 28.3 Å². The van der Waals surface area contributed by atoms with Crippen molar-refractivity contribution in [3.8, 4) is 39.1 Å². The van der Waals surface area contributed by atoms with E-state index in [4.69, 9.17) is 0 Å². The zero-order valence-electron chi connectivity index (χ0n) is 29.7. The molecule has 0 saturated heterocycles. The molecule has 0 unspecified atom stereocenters. The fraction of sp³-hybridized carbons (Fsp3) is 0. The van der Waals surface area contributed by atoms with E-state index in [1.54, 1.807) is 0 Å². The molecule has 1 heterocycles. The standard InChI is InChI=1S/C52H36N2/c1-3-18-37(19-4-1)41-24-9-10-26-43(41)44-27-11-12-28-45(44)46-29-13-15-31-50(46)54(49-33-17-21-38-20-7-8-25-42(38)49)40-34-35-52-48(36-40)47-30-14-16-32-51(47)53(52)39-22-5-2-6-23-39/h1-36H. The van der Waals surface area contributed by atoms with Crippen molar-refractivity contribution in [1.82, 2.24) is 4.57 Å². The number of benzene rings is 9. The van der Waals surface area contributed by atoms with Crippen LogP contribution in [0.2, 0.25) is 0 Å². The molecule has 0 aliphatic heterocycles. The smallest absolute Gasteiger partial charge is 0.0542 e. The minimum atomic E-state index is 1.10. The molecular weight excluding hydrogens is 653 g/mol. The molecule has 0 amide bonds. The van der Waals surface area contributed by atoms with Gasteiger partial charge in [-0.15, -0.1) is 0 Å². The van der Waals surface area contributed by atoms with Crippen molar-refractivity contribution in [3.05, 3.63) is 218 Å². The Labute approximate surface area is 315 Å². The summed E-state index contributed by atoms with van der Waals surface area (Å²) in [7, 11) is 0. The number of para-hydroxylation sites is 3. The molecule has 0 spiro atoms. The predicted octanol–water partition coefficient (Wildman–Crippen LogP) is 14.4. The highest BCUT2D eigenvalue weighted by Crippen LogP contribution is 2.47. The highest BCUT2D eigenvalue weighted by Gasteiger charge is 2.23. The Hall–Kier alpha value is -7.16. The first kappa shape index (κ1) is 31.6. The predicted molar refractivity (Wildman–Crippen MR) is 229 cm³/mol. The van der Waals surface area contributed by atoms with E-state index in [1.807, 2.05) is 0 Å². The van der Waals surface area contributed by atoms with Crippen molar-refractivity contribution >= 4 is 49.6 Å². The first-order chi connectivity index (χ1) is 26.8. The van der Waals surface area contributed by atoms with Crippen LogP contribution < -0.4 is 4.90 Å². The Balaban J connectivity index is 1.23. The second-order valence-corrected chi connectivity index (χ2v) is 13.7. The summed E-state index contributed by atoms with van der Waals surface area (Å²) in [6.45, 7) is 0. The summed E-state index contributed by atoms with van der Waals surface area (Å²) in [4.78, 5) is 2.46. The largest absolute Gasteiger partial charge is 0.309 e. The van der Waals surface area contributed by atoms with Crippen molar-refractivity contribution in [2.24, 2.45) is 0 Å². The third-order valence-electron chi connectivity index (χ3n) is 10.6. The lowest BCUT2D eigenvalue weighted by atomic mass is 9.88. The van der Waals surface area contributed by atoms with Crippen molar-refractivity contribution in [2.45, 2.75) is 0 Å². The van der Waals surface area contributed by atoms with Crippen LogP contribution in [0, 0.1) is 0 Å². The molecule has 2 nitrogen and oxygen atoms in total. The van der Waals surface area contributed by atoms with Crippen LogP contribution in [0.15, 0.2) is 218 Å². The zero-order chi connectivity index (χ0) is 35.8. The van der Waals surface area contributed by atoms with Gasteiger partial charge in [-0.2, -0.15) is 0 Å². The molecule has 0 fully saturated rings. The Morgan fingerprint density at radius 3 is 1.61 bits per heavy atom. The topological polar surface area (TPSA) is 8.17 Å². The van der Waals surface area contributed by atoms with Crippen molar-refractivity contribution in [2.75, 3.05) is 4.90 Å². The summed E-state index contributed by atoms with van der Waals surface area (Å²) in [6.07, 6.45) is 0. The maximum Gasteiger partial charge on any atom is 0.0542 e. The molecule has 0 saturated carbocycles. The molecule has 0 atom stereocenters. The fourth-order valence-corrected chi connectivity index (χ4v) is 8.20. The molecule has 0 aliphatic rings. The van der Waals surface area contributed by atoms with Crippen LogP contribution in [0.4, 0.5) is 17.1 Å². The Bertz CT molecular complexity index is 2930. The van der Waals surface area contributed by atoms with Crippen molar-refractivity contribution in [3.63, 3.8) is 0 Å². The quantitative estimate of drug-likeness (QED) is 0.162. The highest BCUT2D eigenvalue weighted by atomic mass is 15.1. The number of hydrogen-bond acceptors (Lipinski definition) is 1. The Morgan fingerprint density at radius 2 is 0.833 bits per heavy atom. The molecule has 9 aromatic carbocycles. The van der Waals surface area contributed by atoms with Crippen molar-refractivity contribution < 1.29 is 0 Å². The van der Waals surface area contributed by atoms with Gasteiger partial charge in [-0.3, -0.25) is 0 Å². The molecule has 0 bridgehead atoms. The van der Waals surface area contributed by atoms with E-state index in [1.165, 1.54) is 60.4 Å². The molecule has 254 valence electrons. The van der Waals surface area contributed by atoms with E-state index in [0.29, 0.717) is 0 Å². The summed E-state index contributed by atoms with van der Waals surface area (Å²) in [5.74, 6) is 0. The lowest BCUT2D eigenvalue weighted by molar-refractivity contribution is 1.18. The normalized spacial score (nSPS) is 11.3. The first-order valence-corrected chi connectivity index (χ1v) is 18.5. The summed E-state index contributed by atoms with van der Waals surface area (Å²) in [5.41, 5.74) is 14.1. The van der Waals surface area contributed by atoms with Crippen LogP contribution in [-0.4, -0.2) is 4.57 Å². The maximum atomic E-state index is 2.46. The van der Waals surface area contributed by atoms with Gasteiger partial charge in [0.15, 0.2) is 0 Å². The second-order valence-electron chi connectivity index (χ2n) is 13.7. The van der Waals surface area contributed by atoms with Gasteiger partial charge in [-0.05, 0) is 81.7 Å². The van der Waals surface area contributed by atoms with E-state index in [2.05, 4.69) is 228 Å². The first-order valence-electron chi connectivity index (χ1n) is 18.5. The minimum absolute atomic E-state index is 1.10. The van der Waals surface area contributed by atoms with E-state index >= 15 is 0 Å². The summed E-state index contributed by atoms with van der Waals surface area (Å²) >= 11 is 0. The minimum Gasteiger partial charge on any atom is -0.309 e. The molecule has 0 N–H and O–H groups in total. The van der Waals surface area contributed by atoms with Gasteiger partial charge in [-0.1, -0.05) is 170 Å². The molecule has 54 heavy (non-hydrogen) atoms. The van der Waals surface area contributed by atoms with Crippen LogP contribution in [-0.2, 0) is 0 Å². The number of anilines is 3. The third-order valence-corrected chi connectivity index (χ3v) is 10.6. The zero-order valence-corrected chi connectivity index (χ0v) is 29.7. The highest BCUT2D eigenvalue weighted by molar-refractivity contribution is 6.11. The van der Waals surface area contributed by atoms with Gasteiger partial charge in [0.05, 0.1) is 22.4 Å². The average Bonchev–Trinajstić information content (AvgIpc) is 3.58. The summed E-state index contributed by atoms with van der Waals surface area (Å²) < 4.78 is 2.38. The Morgan fingerprint density at radius 1 is 0.315 bits per heavy atom. The van der Waals surface area contributed by atoms with Crippen LogP contribution in [0.25, 0.3) is 71.6 Å². The fourth-order valence-electron chi connectivity index (χ4n) is 8.20. The molecule has 10 aromatic rings. The summed E-state index contributed by atoms with van der Waals surface area (Å²) in [6, 6.07) is 78.9. The second kappa shape index (κ2) is 13.4. The van der Waals surface area contributed by atoms with Gasteiger partial charge in [0.25, 0.3) is 0 Å². The van der Waals surface area contributed by atoms with Crippen LogP contribution in [0.1, 0.15) is 0 Å². The monoisotopic (exact) mass is 688 g/mol.